The standard InChI is InChI=1S/C19H28N2O2/c1-3-23-18-7-5-4-6-15(18)13-21(2)19(22)12-14-10-16-8-9-17(11-14)20-16/h4-7,14,16-17,20H,3,8-13H2,1-2H3. The van der Waals surface area contributed by atoms with E-state index >= 15 is 0 Å². The van der Waals surface area contributed by atoms with Crippen molar-refractivity contribution >= 4 is 5.91 Å². The number of ether oxygens (including phenoxy) is 1. The molecule has 0 spiro atoms. The molecule has 2 bridgehead atoms. The van der Waals surface area contributed by atoms with Gasteiger partial charge in [-0.1, -0.05) is 18.2 Å². The number of benzene rings is 1. The minimum atomic E-state index is 0.252. The average molecular weight is 316 g/mol. The largest absolute Gasteiger partial charge is 0.494 e. The highest BCUT2D eigenvalue weighted by Crippen LogP contribution is 2.33. The number of hydrogen-bond acceptors (Lipinski definition) is 3. The minimum Gasteiger partial charge on any atom is -0.494 e. The number of piperidine rings is 1. The first-order valence-electron chi connectivity index (χ1n) is 8.86. The third kappa shape index (κ3) is 4.05. The molecule has 2 aliphatic heterocycles. The molecule has 3 rings (SSSR count). The molecule has 1 amide bonds. The summed E-state index contributed by atoms with van der Waals surface area (Å²) in [5, 5.41) is 3.64. The van der Waals surface area contributed by atoms with Crippen molar-refractivity contribution in [3.63, 3.8) is 0 Å². The fraction of sp³-hybridized carbons (Fsp3) is 0.632. The summed E-state index contributed by atoms with van der Waals surface area (Å²) < 4.78 is 5.66. The Morgan fingerprint density at radius 1 is 1.26 bits per heavy atom. The van der Waals surface area contributed by atoms with E-state index in [1.54, 1.807) is 0 Å². The van der Waals surface area contributed by atoms with E-state index in [2.05, 4.69) is 5.32 Å². The first-order chi connectivity index (χ1) is 11.2. The lowest BCUT2D eigenvalue weighted by atomic mass is 9.89. The molecule has 1 N–H and O–H groups in total. The number of nitrogens with zero attached hydrogens (tertiary/aromatic N) is 1. The summed E-state index contributed by atoms with van der Waals surface area (Å²) >= 11 is 0. The fourth-order valence-electron chi connectivity index (χ4n) is 4.02. The third-order valence-corrected chi connectivity index (χ3v) is 5.14. The molecule has 23 heavy (non-hydrogen) atoms. The van der Waals surface area contributed by atoms with Crippen LogP contribution < -0.4 is 10.1 Å². The van der Waals surface area contributed by atoms with E-state index in [4.69, 9.17) is 4.74 Å². The maximum absolute atomic E-state index is 12.6. The highest BCUT2D eigenvalue weighted by Gasteiger charge is 2.34. The number of para-hydroxylation sites is 1. The first kappa shape index (κ1) is 16.3. The van der Waals surface area contributed by atoms with Gasteiger partial charge in [0.05, 0.1) is 6.61 Å². The Kier molecular flexibility index (Phi) is 5.21. The second-order valence-corrected chi connectivity index (χ2v) is 6.97. The zero-order valence-electron chi connectivity index (χ0n) is 14.3. The van der Waals surface area contributed by atoms with Crippen molar-refractivity contribution in [3.05, 3.63) is 29.8 Å². The predicted octanol–water partition coefficient (Wildman–Crippen LogP) is 2.96. The van der Waals surface area contributed by atoms with E-state index in [0.717, 1.165) is 24.2 Å². The highest BCUT2D eigenvalue weighted by molar-refractivity contribution is 5.76. The van der Waals surface area contributed by atoms with E-state index in [1.165, 1.54) is 12.8 Å². The van der Waals surface area contributed by atoms with Crippen LogP contribution in [0.1, 0.15) is 44.6 Å². The molecular weight excluding hydrogens is 288 g/mol. The number of hydrogen-bond donors (Lipinski definition) is 1. The summed E-state index contributed by atoms with van der Waals surface area (Å²) in [6.07, 6.45) is 5.57. The number of carbonyl (C=O) groups is 1. The second-order valence-electron chi connectivity index (χ2n) is 6.97. The average Bonchev–Trinajstić information content (AvgIpc) is 2.88. The molecule has 2 heterocycles. The maximum Gasteiger partial charge on any atom is 0.222 e. The van der Waals surface area contributed by atoms with Gasteiger partial charge in [0.25, 0.3) is 0 Å². The molecule has 0 aromatic heterocycles. The van der Waals surface area contributed by atoms with Crippen LogP contribution in [0.25, 0.3) is 0 Å². The van der Waals surface area contributed by atoms with Gasteiger partial charge in [-0.15, -0.1) is 0 Å². The zero-order chi connectivity index (χ0) is 16.2. The Hall–Kier alpha value is -1.55. The predicted molar refractivity (Wildman–Crippen MR) is 91.4 cm³/mol. The van der Waals surface area contributed by atoms with Crippen molar-refractivity contribution in [2.24, 2.45) is 5.92 Å². The smallest absolute Gasteiger partial charge is 0.222 e. The molecule has 0 aliphatic carbocycles. The van der Waals surface area contributed by atoms with E-state index in [-0.39, 0.29) is 5.91 Å². The van der Waals surface area contributed by atoms with Gasteiger partial charge >= 0.3 is 0 Å². The normalized spacial score (nSPS) is 26.1. The van der Waals surface area contributed by atoms with Crippen LogP contribution in [0, 0.1) is 5.92 Å². The number of amides is 1. The van der Waals surface area contributed by atoms with Crippen molar-refractivity contribution in [1.29, 1.82) is 0 Å². The fourth-order valence-corrected chi connectivity index (χ4v) is 4.02. The van der Waals surface area contributed by atoms with Crippen molar-refractivity contribution in [3.8, 4) is 5.75 Å². The Morgan fingerprint density at radius 2 is 1.96 bits per heavy atom. The molecule has 0 radical (unpaired) electrons. The summed E-state index contributed by atoms with van der Waals surface area (Å²) in [5.41, 5.74) is 1.08. The van der Waals surface area contributed by atoms with Gasteiger partial charge in [-0.05, 0) is 44.6 Å². The SMILES string of the molecule is CCOc1ccccc1CN(C)C(=O)CC1CC2CCC(C1)N2. The number of nitrogens with one attached hydrogen (secondary N) is 1. The Bertz CT molecular complexity index is 534. The van der Waals surface area contributed by atoms with Crippen LogP contribution in [0.5, 0.6) is 5.75 Å². The van der Waals surface area contributed by atoms with Gasteiger partial charge in [-0.3, -0.25) is 4.79 Å². The van der Waals surface area contributed by atoms with Gasteiger partial charge in [0.1, 0.15) is 5.75 Å². The number of carbonyl (C=O) groups excluding carboxylic acids is 1. The molecule has 4 nitrogen and oxygen atoms in total. The lowest BCUT2D eigenvalue weighted by molar-refractivity contribution is -0.131. The molecular formula is C19H28N2O2. The molecule has 126 valence electrons. The van der Waals surface area contributed by atoms with E-state index < -0.39 is 0 Å². The van der Waals surface area contributed by atoms with Crippen LogP contribution in [0.4, 0.5) is 0 Å². The van der Waals surface area contributed by atoms with E-state index in [1.807, 2.05) is 43.1 Å². The lowest BCUT2D eigenvalue weighted by Gasteiger charge is -2.30. The van der Waals surface area contributed by atoms with Crippen LogP contribution >= 0.6 is 0 Å². The quantitative estimate of drug-likeness (QED) is 0.877. The van der Waals surface area contributed by atoms with Gasteiger partial charge in [0.2, 0.25) is 5.91 Å². The first-order valence-corrected chi connectivity index (χ1v) is 8.86. The molecule has 2 unspecified atom stereocenters. The van der Waals surface area contributed by atoms with Gasteiger partial charge < -0.3 is 15.0 Å². The van der Waals surface area contributed by atoms with E-state index in [9.17, 15) is 4.79 Å². The summed E-state index contributed by atoms with van der Waals surface area (Å²) in [7, 11) is 1.90. The Balaban J connectivity index is 1.55. The van der Waals surface area contributed by atoms with Crippen molar-refractivity contribution in [1.82, 2.24) is 10.2 Å². The van der Waals surface area contributed by atoms with Crippen LogP contribution in [-0.2, 0) is 11.3 Å². The summed E-state index contributed by atoms with van der Waals surface area (Å²) in [5.74, 6) is 1.68. The number of rotatable bonds is 6. The maximum atomic E-state index is 12.6. The van der Waals surface area contributed by atoms with Crippen LogP contribution in [0.2, 0.25) is 0 Å². The summed E-state index contributed by atoms with van der Waals surface area (Å²) in [6, 6.07) is 9.29. The third-order valence-electron chi connectivity index (χ3n) is 5.14. The molecule has 2 fully saturated rings. The van der Waals surface area contributed by atoms with Crippen LogP contribution in [-0.4, -0.2) is 36.5 Å². The molecule has 2 aliphatic rings. The Labute approximate surface area is 139 Å². The second kappa shape index (κ2) is 7.35. The van der Waals surface area contributed by atoms with Crippen molar-refractivity contribution < 1.29 is 9.53 Å². The Morgan fingerprint density at radius 3 is 2.65 bits per heavy atom. The topological polar surface area (TPSA) is 41.6 Å². The van der Waals surface area contributed by atoms with Crippen LogP contribution in [0.15, 0.2) is 24.3 Å². The molecule has 0 saturated carbocycles. The molecule has 1 aromatic rings. The van der Waals surface area contributed by atoms with Gasteiger partial charge in [-0.2, -0.15) is 0 Å². The number of fused-ring (bicyclic) bond motifs is 2. The molecule has 2 atom stereocenters. The van der Waals surface area contributed by atoms with Crippen molar-refractivity contribution in [2.75, 3.05) is 13.7 Å². The van der Waals surface area contributed by atoms with Gasteiger partial charge in [-0.25, -0.2) is 0 Å². The van der Waals surface area contributed by atoms with Gasteiger partial charge in [0, 0.05) is 37.7 Å². The van der Waals surface area contributed by atoms with Gasteiger partial charge in [0.15, 0.2) is 0 Å². The summed E-state index contributed by atoms with van der Waals surface area (Å²) in [4.78, 5) is 14.4. The highest BCUT2D eigenvalue weighted by atomic mass is 16.5. The molecule has 1 aromatic carbocycles. The zero-order valence-corrected chi connectivity index (χ0v) is 14.3. The minimum absolute atomic E-state index is 0.252. The van der Waals surface area contributed by atoms with E-state index in [0.29, 0.717) is 37.6 Å². The monoisotopic (exact) mass is 316 g/mol. The van der Waals surface area contributed by atoms with Crippen molar-refractivity contribution in [2.45, 2.75) is 57.7 Å². The molecule has 4 heteroatoms. The lowest BCUT2D eigenvalue weighted by Crippen LogP contribution is -2.39. The molecule has 2 saturated heterocycles. The summed E-state index contributed by atoms with van der Waals surface area (Å²) in [6.45, 7) is 3.25. The van der Waals surface area contributed by atoms with Crippen LogP contribution in [0.3, 0.4) is 0 Å².